The second kappa shape index (κ2) is 6.17. The van der Waals surface area contributed by atoms with Crippen LogP contribution in [0.25, 0.3) is 0 Å². The second-order valence-electron chi connectivity index (χ2n) is 5.01. The Hall–Kier alpha value is -1.11. The number of ketones is 1. The molecule has 0 aromatic rings. The van der Waals surface area contributed by atoms with E-state index >= 15 is 0 Å². The standard InChI is InChI=1S/C11H21NO5S/c1-6-18(15,16)7-9(8(2)13)12-10(14)17-11(3,4)5/h9H,6-7H2,1-5H3,(H,12,14). The van der Waals surface area contributed by atoms with Crippen LogP contribution in [0.4, 0.5) is 4.79 Å². The van der Waals surface area contributed by atoms with Gasteiger partial charge in [-0.3, -0.25) is 4.79 Å². The van der Waals surface area contributed by atoms with Crippen molar-refractivity contribution in [2.75, 3.05) is 11.5 Å². The maximum absolute atomic E-state index is 11.5. The zero-order chi connectivity index (χ0) is 14.6. The van der Waals surface area contributed by atoms with Gasteiger partial charge in [0.25, 0.3) is 0 Å². The van der Waals surface area contributed by atoms with Crippen molar-refractivity contribution in [3.8, 4) is 0 Å². The van der Waals surface area contributed by atoms with Crippen LogP contribution in [0, 0.1) is 0 Å². The Morgan fingerprint density at radius 2 is 1.78 bits per heavy atom. The van der Waals surface area contributed by atoms with E-state index in [0.29, 0.717) is 0 Å². The molecule has 1 N–H and O–H groups in total. The Morgan fingerprint density at radius 1 is 1.28 bits per heavy atom. The van der Waals surface area contributed by atoms with Gasteiger partial charge in [0.05, 0.1) is 5.75 Å². The lowest BCUT2D eigenvalue weighted by molar-refractivity contribution is -0.118. The minimum atomic E-state index is -3.34. The van der Waals surface area contributed by atoms with Gasteiger partial charge in [-0.05, 0) is 27.7 Å². The topological polar surface area (TPSA) is 89.5 Å². The zero-order valence-corrected chi connectivity index (χ0v) is 12.3. The number of nitrogens with one attached hydrogen (secondary N) is 1. The minimum absolute atomic E-state index is 0.0766. The summed E-state index contributed by atoms with van der Waals surface area (Å²) >= 11 is 0. The van der Waals surface area contributed by atoms with Crippen molar-refractivity contribution in [2.24, 2.45) is 0 Å². The molecule has 18 heavy (non-hydrogen) atoms. The fourth-order valence-corrected chi connectivity index (χ4v) is 2.14. The first-order valence-electron chi connectivity index (χ1n) is 5.67. The molecular formula is C11H21NO5S. The van der Waals surface area contributed by atoms with Gasteiger partial charge < -0.3 is 10.1 Å². The Kier molecular flexibility index (Phi) is 5.79. The number of amides is 1. The van der Waals surface area contributed by atoms with Crippen molar-refractivity contribution in [1.29, 1.82) is 0 Å². The molecular weight excluding hydrogens is 258 g/mol. The molecule has 1 atom stereocenters. The summed E-state index contributed by atoms with van der Waals surface area (Å²) in [6.45, 7) is 7.75. The number of hydrogen-bond acceptors (Lipinski definition) is 5. The summed E-state index contributed by atoms with van der Waals surface area (Å²) in [6.07, 6.45) is -0.797. The van der Waals surface area contributed by atoms with Crippen LogP contribution in [-0.4, -0.2) is 43.4 Å². The molecule has 0 aliphatic heterocycles. The zero-order valence-electron chi connectivity index (χ0n) is 11.4. The fourth-order valence-electron chi connectivity index (χ4n) is 1.08. The highest BCUT2D eigenvalue weighted by atomic mass is 32.2. The Labute approximate surface area is 108 Å². The van der Waals surface area contributed by atoms with E-state index < -0.39 is 39.1 Å². The molecule has 0 fully saturated rings. The van der Waals surface area contributed by atoms with Gasteiger partial charge in [0.2, 0.25) is 0 Å². The van der Waals surface area contributed by atoms with E-state index in [0.717, 1.165) is 0 Å². The number of Topliss-reactive ketones (excluding diaryl/α,β-unsaturated/α-hetero) is 1. The molecule has 0 radical (unpaired) electrons. The first-order chi connectivity index (χ1) is 7.97. The third-order valence-electron chi connectivity index (χ3n) is 2.04. The number of sulfone groups is 1. The quantitative estimate of drug-likeness (QED) is 0.807. The highest BCUT2D eigenvalue weighted by molar-refractivity contribution is 7.91. The van der Waals surface area contributed by atoms with Gasteiger partial charge in [0.15, 0.2) is 15.6 Å². The van der Waals surface area contributed by atoms with E-state index in [4.69, 9.17) is 4.74 Å². The smallest absolute Gasteiger partial charge is 0.408 e. The summed E-state index contributed by atoms with van der Waals surface area (Å²) in [6, 6.07) is -1.07. The van der Waals surface area contributed by atoms with Gasteiger partial charge >= 0.3 is 6.09 Å². The van der Waals surface area contributed by atoms with Crippen molar-refractivity contribution >= 4 is 21.7 Å². The van der Waals surface area contributed by atoms with Gasteiger partial charge in [-0.25, -0.2) is 13.2 Å². The van der Waals surface area contributed by atoms with Crippen molar-refractivity contribution in [3.05, 3.63) is 0 Å². The second-order valence-corrected chi connectivity index (χ2v) is 7.41. The normalized spacial score (nSPS) is 13.8. The van der Waals surface area contributed by atoms with E-state index in [9.17, 15) is 18.0 Å². The van der Waals surface area contributed by atoms with Crippen LogP contribution in [-0.2, 0) is 19.4 Å². The van der Waals surface area contributed by atoms with Gasteiger partial charge in [-0.1, -0.05) is 6.92 Å². The summed E-state index contributed by atoms with van der Waals surface area (Å²) < 4.78 is 27.8. The molecule has 0 saturated carbocycles. The molecule has 0 aromatic heterocycles. The molecule has 0 saturated heterocycles. The van der Waals surface area contributed by atoms with Crippen LogP contribution < -0.4 is 5.32 Å². The fraction of sp³-hybridized carbons (Fsp3) is 0.818. The van der Waals surface area contributed by atoms with Gasteiger partial charge in [0, 0.05) is 5.75 Å². The maximum atomic E-state index is 11.5. The van der Waals surface area contributed by atoms with Crippen LogP contribution in [0.15, 0.2) is 0 Å². The maximum Gasteiger partial charge on any atom is 0.408 e. The molecule has 6 nitrogen and oxygen atoms in total. The van der Waals surface area contributed by atoms with Crippen LogP contribution in [0.5, 0.6) is 0 Å². The summed E-state index contributed by atoms with van der Waals surface area (Å²) in [5.74, 6) is -0.900. The largest absolute Gasteiger partial charge is 0.444 e. The van der Waals surface area contributed by atoms with Crippen molar-refractivity contribution in [1.82, 2.24) is 5.32 Å². The van der Waals surface area contributed by atoms with Crippen molar-refractivity contribution < 1.29 is 22.7 Å². The third-order valence-corrected chi connectivity index (χ3v) is 3.76. The molecule has 0 spiro atoms. The van der Waals surface area contributed by atoms with E-state index in [1.165, 1.54) is 13.8 Å². The predicted molar refractivity (Wildman–Crippen MR) is 68.2 cm³/mol. The van der Waals surface area contributed by atoms with Gasteiger partial charge in [-0.15, -0.1) is 0 Å². The first-order valence-corrected chi connectivity index (χ1v) is 7.49. The highest BCUT2D eigenvalue weighted by Gasteiger charge is 2.25. The molecule has 0 heterocycles. The highest BCUT2D eigenvalue weighted by Crippen LogP contribution is 2.07. The summed E-state index contributed by atoms with van der Waals surface area (Å²) in [5, 5.41) is 2.27. The van der Waals surface area contributed by atoms with E-state index in [-0.39, 0.29) is 5.75 Å². The number of rotatable bonds is 5. The van der Waals surface area contributed by atoms with E-state index in [1.807, 2.05) is 0 Å². The Morgan fingerprint density at radius 3 is 2.11 bits per heavy atom. The minimum Gasteiger partial charge on any atom is -0.444 e. The molecule has 0 bridgehead atoms. The number of hydrogen-bond donors (Lipinski definition) is 1. The average Bonchev–Trinajstić information content (AvgIpc) is 2.13. The molecule has 1 unspecified atom stereocenters. The lowest BCUT2D eigenvalue weighted by atomic mass is 10.2. The molecule has 7 heteroatoms. The monoisotopic (exact) mass is 279 g/mol. The Balaban J connectivity index is 4.66. The molecule has 0 rings (SSSR count). The van der Waals surface area contributed by atoms with Crippen molar-refractivity contribution in [3.63, 3.8) is 0 Å². The number of ether oxygens (including phenoxy) is 1. The van der Waals surface area contributed by atoms with Crippen LogP contribution in [0.1, 0.15) is 34.6 Å². The van der Waals surface area contributed by atoms with Gasteiger partial charge in [-0.2, -0.15) is 0 Å². The third kappa shape index (κ3) is 7.26. The summed E-state index contributed by atoms with van der Waals surface area (Å²) in [7, 11) is -3.34. The predicted octanol–water partition coefficient (Wildman–Crippen LogP) is 0.903. The van der Waals surface area contributed by atoms with E-state index in [1.54, 1.807) is 20.8 Å². The number of alkyl carbamates (subject to hydrolysis) is 1. The molecule has 0 aliphatic rings. The van der Waals surface area contributed by atoms with Crippen molar-refractivity contribution in [2.45, 2.75) is 46.3 Å². The van der Waals surface area contributed by atoms with Crippen LogP contribution in [0.2, 0.25) is 0 Å². The van der Waals surface area contributed by atoms with Crippen LogP contribution >= 0.6 is 0 Å². The van der Waals surface area contributed by atoms with Gasteiger partial charge in [0.1, 0.15) is 11.6 Å². The molecule has 106 valence electrons. The number of carbonyl (C=O) groups excluding carboxylic acids is 2. The average molecular weight is 279 g/mol. The molecule has 1 amide bonds. The lowest BCUT2D eigenvalue weighted by Crippen LogP contribution is -2.46. The summed E-state index contributed by atoms with van der Waals surface area (Å²) in [4.78, 5) is 22.8. The number of carbonyl (C=O) groups is 2. The SMILES string of the molecule is CCS(=O)(=O)CC(NC(=O)OC(C)(C)C)C(C)=O. The first kappa shape index (κ1) is 16.9. The van der Waals surface area contributed by atoms with Crippen LogP contribution in [0.3, 0.4) is 0 Å². The molecule has 0 aromatic carbocycles. The van der Waals surface area contributed by atoms with E-state index in [2.05, 4.69) is 5.32 Å². The summed E-state index contributed by atoms with van der Waals surface area (Å²) in [5.41, 5.74) is -0.699. The molecule has 0 aliphatic carbocycles. The lowest BCUT2D eigenvalue weighted by Gasteiger charge is -2.22. The Bertz CT molecular complexity index is 408.